The van der Waals surface area contributed by atoms with Gasteiger partial charge in [-0.15, -0.1) is 0 Å². The van der Waals surface area contributed by atoms with Gasteiger partial charge in [-0.1, -0.05) is 17.7 Å². The molecule has 2 saturated heterocycles. The lowest BCUT2D eigenvalue weighted by Crippen LogP contribution is -2.47. The minimum atomic E-state index is -0.563. The number of likely N-dealkylation sites (tertiary alicyclic amines) is 2. The average molecular weight is 340 g/mol. The fourth-order valence-electron chi connectivity index (χ4n) is 3.40. The Hall–Kier alpha value is -1.82. The number of urea groups is 1. The molecule has 1 aromatic carbocycles. The average Bonchev–Trinajstić information content (AvgIpc) is 2.80. The molecule has 1 aromatic rings. The quantitative estimate of drug-likeness (QED) is 0.855. The van der Waals surface area contributed by atoms with E-state index in [-0.39, 0.29) is 28.1 Å². The van der Waals surface area contributed by atoms with Gasteiger partial charge in [0.2, 0.25) is 5.91 Å². The van der Waals surface area contributed by atoms with Crippen LogP contribution in [0.25, 0.3) is 0 Å². The smallest absolute Gasteiger partial charge is 0.321 e. The molecule has 0 atom stereocenters. The second-order valence-corrected chi connectivity index (χ2v) is 6.68. The molecular formula is C16H19ClFN3O2. The standard InChI is InChI=1S/C16H19ClFN3O2/c1-20-8-5-16(14(20)22)6-9-21(10-7-16)15(23)19-13-11(17)3-2-4-12(13)18/h2-4H,5-10H2,1H3,(H,19,23). The molecule has 2 heterocycles. The van der Waals surface area contributed by atoms with Gasteiger partial charge in [-0.25, -0.2) is 9.18 Å². The predicted octanol–water partition coefficient (Wildman–Crippen LogP) is 2.96. The zero-order chi connectivity index (χ0) is 16.6. The van der Waals surface area contributed by atoms with E-state index < -0.39 is 5.82 Å². The van der Waals surface area contributed by atoms with Crippen LogP contribution in [0.1, 0.15) is 19.3 Å². The number of carbonyl (C=O) groups is 2. The monoisotopic (exact) mass is 339 g/mol. The molecule has 1 N–H and O–H groups in total. The van der Waals surface area contributed by atoms with Crippen LogP contribution in [0.2, 0.25) is 5.02 Å². The highest BCUT2D eigenvalue weighted by Gasteiger charge is 2.47. The lowest BCUT2D eigenvalue weighted by atomic mass is 9.77. The number of para-hydroxylation sites is 1. The molecule has 0 aliphatic carbocycles. The van der Waals surface area contributed by atoms with Crippen molar-refractivity contribution in [3.63, 3.8) is 0 Å². The lowest BCUT2D eigenvalue weighted by molar-refractivity contribution is -0.136. The van der Waals surface area contributed by atoms with E-state index in [0.717, 1.165) is 13.0 Å². The minimum absolute atomic E-state index is 0.00358. The summed E-state index contributed by atoms with van der Waals surface area (Å²) in [5.74, 6) is -0.387. The van der Waals surface area contributed by atoms with Crippen molar-refractivity contribution in [3.8, 4) is 0 Å². The largest absolute Gasteiger partial charge is 0.345 e. The molecule has 0 bridgehead atoms. The number of benzene rings is 1. The van der Waals surface area contributed by atoms with Gasteiger partial charge in [0.15, 0.2) is 0 Å². The van der Waals surface area contributed by atoms with Crippen LogP contribution in [0.3, 0.4) is 0 Å². The number of carbonyl (C=O) groups excluding carboxylic acids is 2. The van der Waals surface area contributed by atoms with Crippen molar-refractivity contribution in [2.24, 2.45) is 5.41 Å². The van der Waals surface area contributed by atoms with Gasteiger partial charge >= 0.3 is 6.03 Å². The normalized spacial score (nSPS) is 20.2. The molecule has 0 unspecified atom stereocenters. The van der Waals surface area contributed by atoms with Crippen molar-refractivity contribution >= 4 is 29.2 Å². The first-order valence-electron chi connectivity index (χ1n) is 7.68. The molecule has 2 aliphatic rings. The van der Waals surface area contributed by atoms with Crippen LogP contribution in [-0.2, 0) is 4.79 Å². The summed E-state index contributed by atoms with van der Waals surface area (Å²) in [6.07, 6.45) is 2.14. The predicted molar refractivity (Wildman–Crippen MR) is 85.9 cm³/mol. The van der Waals surface area contributed by atoms with Crippen molar-refractivity contribution < 1.29 is 14.0 Å². The van der Waals surface area contributed by atoms with Crippen molar-refractivity contribution in [2.75, 3.05) is 32.0 Å². The molecule has 3 amide bonds. The van der Waals surface area contributed by atoms with E-state index in [1.807, 2.05) is 7.05 Å². The van der Waals surface area contributed by atoms with E-state index in [0.29, 0.717) is 25.9 Å². The van der Waals surface area contributed by atoms with E-state index in [9.17, 15) is 14.0 Å². The fraction of sp³-hybridized carbons (Fsp3) is 0.500. The zero-order valence-corrected chi connectivity index (χ0v) is 13.7. The van der Waals surface area contributed by atoms with E-state index in [4.69, 9.17) is 11.6 Å². The van der Waals surface area contributed by atoms with Gasteiger partial charge in [-0.3, -0.25) is 4.79 Å². The van der Waals surface area contributed by atoms with Gasteiger partial charge < -0.3 is 15.1 Å². The van der Waals surface area contributed by atoms with E-state index in [1.54, 1.807) is 9.80 Å². The number of hydrogen-bond acceptors (Lipinski definition) is 2. The highest BCUT2D eigenvalue weighted by molar-refractivity contribution is 6.33. The number of nitrogens with zero attached hydrogens (tertiary/aromatic N) is 2. The molecule has 0 aromatic heterocycles. The summed E-state index contributed by atoms with van der Waals surface area (Å²) in [6.45, 7) is 1.74. The van der Waals surface area contributed by atoms with Crippen molar-refractivity contribution in [1.82, 2.24) is 9.80 Å². The molecule has 124 valence electrons. The summed E-state index contributed by atoms with van der Waals surface area (Å²) in [4.78, 5) is 28.0. The number of rotatable bonds is 1. The number of halogens is 2. The Morgan fingerprint density at radius 1 is 1.26 bits per heavy atom. The first-order chi connectivity index (χ1) is 10.9. The summed E-state index contributed by atoms with van der Waals surface area (Å²) in [5.41, 5.74) is -0.322. The van der Waals surface area contributed by atoms with Crippen molar-refractivity contribution in [2.45, 2.75) is 19.3 Å². The Balaban J connectivity index is 1.64. The van der Waals surface area contributed by atoms with Gasteiger partial charge in [-0.05, 0) is 31.4 Å². The van der Waals surface area contributed by atoms with Crippen LogP contribution in [0.4, 0.5) is 14.9 Å². The van der Waals surface area contributed by atoms with Crippen LogP contribution in [0, 0.1) is 11.2 Å². The van der Waals surface area contributed by atoms with Gasteiger partial charge in [-0.2, -0.15) is 0 Å². The van der Waals surface area contributed by atoms with E-state index in [1.165, 1.54) is 18.2 Å². The number of anilines is 1. The van der Waals surface area contributed by atoms with Gasteiger partial charge in [0, 0.05) is 26.7 Å². The minimum Gasteiger partial charge on any atom is -0.345 e. The number of hydrogen-bond donors (Lipinski definition) is 1. The second kappa shape index (κ2) is 6.00. The molecule has 23 heavy (non-hydrogen) atoms. The van der Waals surface area contributed by atoms with Crippen LogP contribution in [-0.4, -0.2) is 48.4 Å². The van der Waals surface area contributed by atoms with Gasteiger partial charge in [0.1, 0.15) is 5.82 Å². The Kier molecular flexibility index (Phi) is 4.19. The molecule has 1 spiro atoms. The molecule has 2 fully saturated rings. The van der Waals surface area contributed by atoms with Crippen molar-refractivity contribution in [1.29, 1.82) is 0 Å². The summed E-state index contributed by atoms with van der Waals surface area (Å²) in [7, 11) is 1.82. The van der Waals surface area contributed by atoms with Crippen LogP contribution in [0.5, 0.6) is 0 Å². The molecule has 0 radical (unpaired) electrons. The molecule has 2 aliphatic heterocycles. The maximum atomic E-state index is 13.7. The van der Waals surface area contributed by atoms with E-state index in [2.05, 4.69) is 5.32 Å². The third-order valence-electron chi connectivity index (χ3n) is 4.93. The van der Waals surface area contributed by atoms with Crippen LogP contribution in [0.15, 0.2) is 18.2 Å². The fourth-order valence-corrected chi connectivity index (χ4v) is 3.61. The lowest BCUT2D eigenvalue weighted by Gasteiger charge is -2.37. The Morgan fingerprint density at radius 3 is 2.48 bits per heavy atom. The molecule has 5 nitrogen and oxygen atoms in total. The second-order valence-electron chi connectivity index (χ2n) is 6.27. The third kappa shape index (κ3) is 2.87. The maximum absolute atomic E-state index is 13.7. The molecular weight excluding hydrogens is 321 g/mol. The Bertz CT molecular complexity index is 624. The molecule has 3 rings (SSSR count). The SMILES string of the molecule is CN1CCC2(CCN(C(=O)Nc3c(F)cccc3Cl)CC2)C1=O. The third-order valence-corrected chi connectivity index (χ3v) is 5.24. The number of piperidine rings is 1. The van der Waals surface area contributed by atoms with E-state index >= 15 is 0 Å². The van der Waals surface area contributed by atoms with Crippen LogP contribution < -0.4 is 5.32 Å². The Labute approximate surface area is 139 Å². The molecule has 7 heteroatoms. The Morgan fingerprint density at radius 2 is 1.91 bits per heavy atom. The first-order valence-corrected chi connectivity index (χ1v) is 8.06. The highest BCUT2D eigenvalue weighted by Crippen LogP contribution is 2.41. The first kappa shape index (κ1) is 16.1. The zero-order valence-electron chi connectivity index (χ0n) is 12.9. The summed E-state index contributed by atoms with van der Waals surface area (Å²) < 4.78 is 13.7. The number of nitrogens with one attached hydrogen (secondary N) is 1. The summed E-state index contributed by atoms with van der Waals surface area (Å²) in [6, 6.07) is 3.88. The van der Waals surface area contributed by atoms with Crippen LogP contribution >= 0.6 is 11.6 Å². The topological polar surface area (TPSA) is 52.6 Å². The summed E-state index contributed by atoms with van der Waals surface area (Å²) in [5, 5.41) is 2.70. The number of amides is 3. The maximum Gasteiger partial charge on any atom is 0.321 e. The van der Waals surface area contributed by atoms with Crippen molar-refractivity contribution in [3.05, 3.63) is 29.0 Å². The highest BCUT2D eigenvalue weighted by atomic mass is 35.5. The van der Waals surface area contributed by atoms with Gasteiger partial charge in [0.05, 0.1) is 16.1 Å². The molecule has 0 saturated carbocycles. The van der Waals surface area contributed by atoms with Gasteiger partial charge in [0.25, 0.3) is 0 Å². The summed E-state index contributed by atoms with van der Waals surface area (Å²) >= 11 is 5.92.